The van der Waals surface area contributed by atoms with Crippen molar-refractivity contribution in [2.75, 3.05) is 11.9 Å². The van der Waals surface area contributed by atoms with Crippen molar-refractivity contribution in [3.8, 4) is 11.4 Å². The molecule has 2 aromatic heterocycles. The van der Waals surface area contributed by atoms with Crippen LogP contribution in [0.15, 0.2) is 42.6 Å². The van der Waals surface area contributed by atoms with Crippen LogP contribution in [-0.4, -0.2) is 31.2 Å². The molecule has 0 aliphatic rings. The van der Waals surface area contributed by atoms with Crippen LogP contribution in [0.1, 0.15) is 11.4 Å². The van der Waals surface area contributed by atoms with E-state index < -0.39 is 4.92 Å². The van der Waals surface area contributed by atoms with Crippen LogP contribution in [0, 0.1) is 17.0 Å². The maximum atomic E-state index is 10.7. The number of nitrogens with one attached hydrogen (secondary N) is 1. The number of aryl methyl sites for hydroxylation is 1. The Bertz CT molecular complexity index is 891. The summed E-state index contributed by atoms with van der Waals surface area (Å²) in [5.41, 5.74) is 1.74. The molecule has 0 fully saturated rings. The summed E-state index contributed by atoms with van der Waals surface area (Å²) in [6.45, 7) is 2.39. The van der Waals surface area contributed by atoms with Crippen LogP contribution in [-0.2, 0) is 13.5 Å². The second kappa shape index (κ2) is 7.08. The highest BCUT2D eigenvalue weighted by Crippen LogP contribution is 2.19. The van der Waals surface area contributed by atoms with E-state index in [-0.39, 0.29) is 5.69 Å². The second-order valence-electron chi connectivity index (χ2n) is 5.66. The summed E-state index contributed by atoms with van der Waals surface area (Å²) >= 11 is 0. The van der Waals surface area contributed by atoms with Gasteiger partial charge in [0.1, 0.15) is 17.8 Å². The van der Waals surface area contributed by atoms with Gasteiger partial charge in [-0.3, -0.25) is 10.1 Å². The molecule has 0 saturated carbocycles. The fourth-order valence-corrected chi connectivity index (χ4v) is 2.56. The lowest BCUT2D eigenvalue weighted by Crippen LogP contribution is -2.11. The topological polar surface area (TPSA) is 98.8 Å². The average molecular weight is 338 g/mol. The molecule has 25 heavy (non-hydrogen) atoms. The Labute approximate surface area is 144 Å². The molecule has 1 aromatic carbocycles. The van der Waals surface area contributed by atoms with Crippen molar-refractivity contribution in [1.82, 2.24) is 19.7 Å². The van der Waals surface area contributed by atoms with E-state index in [1.165, 1.54) is 12.3 Å². The van der Waals surface area contributed by atoms with Crippen LogP contribution >= 0.6 is 0 Å². The van der Waals surface area contributed by atoms with Crippen LogP contribution in [0.5, 0.6) is 0 Å². The fraction of sp³-hybridized carbons (Fsp3) is 0.235. The minimum atomic E-state index is -0.450. The zero-order valence-electron chi connectivity index (χ0n) is 14.0. The monoisotopic (exact) mass is 338 g/mol. The summed E-state index contributed by atoms with van der Waals surface area (Å²) in [4.78, 5) is 14.4. The number of hydrogen-bond acceptors (Lipinski definition) is 6. The van der Waals surface area contributed by atoms with E-state index in [9.17, 15) is 10.1 Å². The van der Waals surface area contributed by atoms with Crippen LogP contribution in [0.2, 0.25) is 0 Å². The van der Waals surface area contributed by atoms with Gasteiger partial charge in [0.2, 0.25) is 0 Å². The van der Waals surface area contributed by atoms with Gasteiger partial charge in [-0.15, -0.1) is 10.2 Å². The van der Waals surface area contributed by atoms with Gasteiger partial charge in [0.25, 0.3) is 5.69 Å². The van der Waals surface area contributed by atoms with Crippen LogP contribution in [0.25, 0.3) is 11.4 Å². The lowest BCUT2D eigenvalue weighted by atomic mass is 10.2. The summed E-state index contributed by atoms with van der Waals surface area (Å²) in [6.07, 6.45) is 1.92. The molecule has 1 N–H and O–H groups in total. The summed E-state index contributed by atoms with van der Waals surface area (Å²) in [5.74, 6) is 2.31. The van der Waals surface area contributed by atoms with E-state index >= 15 is 0 Å². The van der Waals surface area contributed by atoms with Crippen LogP contribution in [0.3, 0.4) is 0 Å². The van der Waals surface area contributed by atoms with E-state index in [2.05, 4.69) is 20.5 Å². The smallest absolute Gasteiger partial charge is 0.287 e. The molecule has 0 spiro atoms. The van der Waals surface area contributed by atoms with Crippen molar-refractivity contribution in [3.05, 3.63) is 64.1 Å². The summed E-state index contributed by atoms with van der Waals surface area (Å²) in [7, 11) is 1.94. The van der Waals surface area contributed by atoms with E-state index in [0.717, 1.165) is 22.8 Å². The maximum absolute atomic E-state index is 10.7. The molecule has 0 bridgehead atoms. The molecule has 0 aliphatic heterocycles. The van der Waals surface area contributed by atoms with Gasteiger partial charge in [-0.2, -0.15) is 0 Å². The van der Waals surface area contributed by atoms with Crippen LogP contribution in [0.4, 0.5) is 11.5 Å². The summed E-state index contributed by atoms with van der Waals surface area (Å²) in [5, 5.41) is 22.4. The minimum absolute atomic E-state index is 0.0103. The van der Waals surface area contributed by atoms with Gasteiger partial charge in [0.15, 0.2) is 5.82 Å². The Kier molecular flexibility index (Phi) is 4.69. The normalized spacial score (nSPS) is 10.6. The Morgan fingerprint density at radius 3 is 2.68 bits per heavy atom. The number of benzene rings is 1. The number of hydrogen-bond donors (Lipinski definition) is 1. The zero-order chi connectivity index (χ0) is 17.8. The molecular weight excluding hydrogens is 320 g/mol. The molecule has 8 nitrogen and oxygen atoms in total. The molecule has 0 unspecified atom stereocenters. The Hall–Kier alpha value is -3.29. The first-order chi connectivity index (χ1) is 12.1. The van der Waals surface area contributed by atoms with Gasteiger partial charge in [0, 0.05) is 31.6 Å². The van der Waals surface area contributed by atoms with Crippen molar-refractivity contribution in [2.45, 2.75) is 13.3 Å². The van der Waals surface area contributed by atoms with E-state index in [1.807, 2.05) is 41.9 Å². The van der Waals surface area contributed by atoms with Crippen LogP contribution < -0.4 is 5.32 Å². The third-order valence-corrected chi connectivity index (χ3v) is 3.91. The molecule has 0 amide bonds. The lowest BCUT2D eigenvalue weighted by molar-refractivity contribution is -0.385. The predicted octanol–water partition coefficient (Wildman–Crippen LogP) is 2.75. The first kappa shape index (κ1) is 16.6. The quantitative estimate of drug-likeness (QED) is 0.548. The number of rotatable bonds is 6. The van der Waals surface area contributed by atoms with E-state index in [0.29, 0.717) is 18.8 Å². The highest BCUT2D eigenvalue weighted by Gasteiger charge is 2.12. The molecule has 2 heterocycles. The van der Waals surface area contributed by atoms with Crippen molar-refractivity contribution >= 4 is 11.5 Å². The third kappa shape index (κ3) is 3.63. The Morgan fingerprint density at radius 1 is 1.24 bits per heavy atom. The lowest BCUT2D eigenvalue weighted by Gasteiger charge is -2.08. The van der Waals surface area contributed by atoms with E-state index in [4.69, 9.17) is 0 Å². The number of nitro groups is 1. The molecule has 0 saturated heterocycles. The largest absolute Gasteiger partial charge is 0.369 e. The molecule has 8 heteroatoms. The fourth-order valence-electron chi connectivity index (χ4n) is 2.56. The zero-order valence-corrected chi connectivity index (χ0v) is 14.0. The standard InChI is InChI=1S/C17H18N6O2/c1-12-10-14(23(24)25)11-19-16(12)18-9-8-15-20-21-17(22(15)2)13-6-4-3-5-7-13/h3-7,10-11H,8-9H2,1-2H3,(H,18,19). The second-order valence-corrected chi connectivity index (χ2v) is 5.66. The van der Waals surface area contributed by atoms with Crippen molar-refractivity contribution in [3.63, 3.8) is 0 Å². The minimum Gasteiger partial charge on any atom is -0.369 e. The first-order valence-corrected chi connectivity index (χ1v) is 7.85. The summed E-state index contributed by atoms with van der Waals surface area (Å²) in [6, 6.07) is 11.4. The third-order valence-electron chi connectivity index (χ3n) is 3.91. The van der Waals surface area contributed by atoms with Gasteiger partial charge in [-0.25, -0.2) is 4.98 Å². The molecule has 0 atom stereocenters. The predicted molar refractivity (Wildman–Crippen MR) is 94.3 cm³/mol. The first-order valence-electron chi connectivity index (χ1n) is 7.85. The number of anilines is 1. The van der Waals surface area contributed by atoms with Gasteiger partial charge in [-0.05, 0) is 12.5 Å². The summed E-state index contributed by atoms with van der Waals surface area (Å²) < 4.78 is 1.97. The van der Waals surface area contributed by atoms with Gasteiger partial charge in [0.05, 0.1) is 4.92 Å². The SMILES string of the molecule is Cc1cc([N+](=O)[O-])cnc1NCCc1nnc(-c2ccccc2)n1C. The van der Waals surface area contributed by atoms with Gasteiger partial charge in [-0.1, -0.05) is 30.3 Å². The molecular formula is C17H18N6O2. The van der Waals surface area contributed by atoms with Gasteiger partial charge >= 0.3 is 0 Å². The number of aromatic nitrogens is 4. The highest BCUT2D eigenvalue weighted by molar-refractivity contribution is 5.54. The molecule has 0 aliphatic carbocycles. The number of pyridine rings is 1. The molecule has 0 radical (unpaired) electrons. The Balaban J connectivity index is 1.65. The van der Waals surface area contributed by atoms with E-state index in [1.54, 1.807) is 6.92 Å². The highest BCUT2D eigenvalue weighted by atomic mass is 16.6. The molecule has 128 valence electrons. The van der Waals surface area contributed by atoms with Crippen molar-refractivity contribution in [2.24, 2.45) is 7.05 Å². The van der Waals surface area contributed by atoms with Crippen molar-refractivity contribution < 1.29 is 4.92 Å². The maximum Gasteiger partial charge on any atom is 0.287 e. The number of nitrogens with zero attached hydrogens (tertiary/aromatic N) is 5. The van der Waals surface area contributed by atoms with Gasteiger partial charge < -0.3 is 9.88 Å². The average Bonchev–Trinajstić information content (AvgIpc) is 2.98. The Morgan fingerprint density at radius 2 is 2.00 bits per heavy atom. The van der Waals surface area contributed by atoms with Crippen molar-refractivity contribution in [1.29, 1.82) is 0 Å². The molecule has 3 aromatic rings. The molecule has 3 rings (SSSR count).